The van der Waals surface area contributed by atoms with Gasteiger partial charge >= 0.3 is 39.5 Å². The van der Waals surface area contributed by atoms with Gasteiger partial charge in [0.1, 0.15) is 19.3 Å². The standard InChI is InChI=1S/C74H144O17P2/c1-7-9-11-13-15-17-18-19-27-30-33-39-45-51-57-72(77)85-63-69(90-73(78)58-52-46-40-34-31-28-25-23-21-20-22-24-26-29-32-36-42-48-54-66(3)4)64-88-92(80,81)86-60-68(75)61-87-93(82,83)89-65-70(62-84-71(76)56-50-44-38-16-14-12-10-8-2)91-74(79)59-53-47-41-35-37-43-49-55-67(5)6/h66-70,75H,7-65H2,1-6H3,(H,80,81)(H,82,83)/t68-,69-,70-/m1/s1. The molecule has 0 aliphatic rings. The molecule has 0 heterocycles. The first-order chi connectivity index (χ1) is 44.9. The summed E-state index contributed by atoms with van der Waals surface area (Å²) in [5, 5.41) is 10.6. The lowest BCUT2D eigenvalue weighted by Crippen LogP contribution is -2.30. The van der Waals surface area contributed by atoms with Gasteiger partial charge in [-0.05, 0) is 37.5 Å². The number of aliphatic hydroxyl groups is 1. The molecule has 0 saturated carbocycles. The molecular formula is C74H144O17P2. The highest BCUT2D eigenvalue weighted by molar-refractivity contribution is 7.47. The van der Waals surface area contributed by atoms with Gasteiger partial charge in [0, 0.05) is 25.7 Å². The van der Waals surface area contributed by atoms with Gasteiger partial charge in [0.25, 0.3) is 0 Å². The van der Waals surface area contributed by atoms with E-state index < -0.39 is 97.5 Å². The predicted molar refractivity (Wildman–Crippen MR) is 377 cm³/mol. The van der Waals surface area contributed by atoms with Gasteiger partial charge in [-0.2, -0.15) is 0 Å². The molecule has 552 valence electrons. The summed E-state index contributed by atoms with van der Waals surface area (Å²) in [4.78, 5) is 72.6. The molecule has 0 fully saturated rings. The van der Waals surface area contributed by atoms with Crippen LogP contribution in [0.4, 0.5) is 0 Å². The zero-order chi connectivity index (χ0) is 68.6. The normalized spacial score (nSPS) is 14.1. The van der Waals surface area contributed by atoms with E-state index in [1.807, 2.05) is 0 Å². The molecule has 5 atom stereocenters. The van der Waals surface area contributed by atoms with Crippen LogP contribution in [0, 0.1) is 11.8 Å². The second-order valence-corrected chi connectivity index (χ2v) is 30.5. The van der Waals surface area contributed by atoms with Crippen LogP contribution in [0.15, 0.2) is 0 Å². The summed E-state index contributed by atoms with van der Waals surface area (Å²) in [6.45, 7) is 9.52. The van der Waals surface area contributed by atoms with Crippen LogP contribution in [0.5, 0.6) is 0 Å². The maximum absolute atomic E-state index is 13.1. The highest BCUT2D eigenvalue weighted by atomic mass is 31.2. The number of carbonyl (C=O) groups is 4. The van der Waals surface area contributed by atoms with Crippen molar-refractivity contribution in [3.8, 4) is 0 Å². The second kappa shape index (κ2) is 66.0. The smallest absolute Gasteiger partial charge is 0.462 e. The molecule has 17 nitrogen and oxygen atoms in total. The minimum Gasteiger partial charge on any atom is -0.462 e. The van der Waals surface area contributed by atoms with Crippen molar-refractivity contribution >= 4 is 39.5 Å². The molecule has 93 heavy (non-hydrogen) atoms. The van der Waals surface area contributed by atoms with Crippen molar-refractivity contribution in [1.82, 2.24) is 0 Å². The van der Waals surface area contributed by atoms with E-state index in [9.17, 15) is 43.2 Å². The van der Waals surface area contributed by atoms with Crippen LogP contribution in [0.1, 0.15) is 382 Å². The number of phosphoric acid groups is 2. The second-order valence-electron chi connectivity index (χ2n) is 27.6. The van der Waals surface area contributed by atoms with E-state index >= 15 is 0 Å². The summed E-state index contributed by atoms with van der Waals surface area (Å²) in [6, 6.07) is 0. The van der Waals surface area contributed by atoms with E-state index in [0.29, 0.717) is 31.6 Å². The molecule has 19 heteroatoms. The lowest BCUT2D eigenvalue weighted by Gasteiger charge is -2.21. The number of phosphoric ester groups is 2. The molecule has 0 bridgehead atoms. The third kappa shape index (κ3) is 68.4. The minimum absolute atomic E-state index is 0.103. The molecule has 0 radical (unpaired) electrons. The van der Waals surface area contributed by atoms with Crippen LogP contribution in [0.3, 0.4) is 0 Å². The number of carbonyl (C=O) groups excluding carboxylic acids is 4. The van der Waals surface area contributed by atoms with Gasteiger partial charge in [-0.1, -0.05) is 330 Å². The van der Waals surface area contributed by atoms with Gasteiger partial charge in [0.2, 0.25) is 0 Å². The molecule has 2 unspecified atom stereocenters. The van der Waals surface area contributed by atoms with Gasteiger partial charge in [0.15, 0.2) is 12.2 Å². The first-order valence-corrected chi connectivity index (χ1v) is 41.5. The highest BCUT2D eigenvalue weighted by Crippen LogP contribution is 2.45. The fourth-order valence-corrected chi connectivity index (χ4v) is 12.9. The molecule has 0 rings (SSSR count). The maximum atomic E-state index is 13.1. The van der Waals surface area contributed by atoms with Gasteiger partial charge in [-0.25, -0.2) is 9.13 Å². The fourth-order valence-electron chi connectivity index (χ4n) is 11.3. The van der Waals surface area contributed by atoms with E-state index in [1.54, 1.807) is 0 Å². The summed E-state index contributed by atoms with van der Waals surface area (Å²) < 4.78 is 68.3. The summed E-state index contributed by atoms with van der Waals surface area (Å²) in [7, 11) is -9.90. The molecule has 0 aromatic heterocycles. The fraction of sp³-hybridized carbons (Fsp3) is 0.946. The average molecular weight is 1370 g/mol. The van der Waals surface area contributed by atoms with Gasteiger partial charge in [-0.15, -0.1) is 0 Å². The summed E-state index contributed by atoms with van der Waals surface area (Å²) in [6.07, 6.45) is 53.0. The first-order valence-electron chi connectivity index (χ1n) is 38.5. The maximum Gasteiger partial charge on any atom is 0.472 e. The van der Waals surface area contributed by atoms with E-state index in [1.165, 1.54) is 193 Å². The SMILES string of the molecule is CCCCCCCCCCCCCCCCC(=O)OC[C@H](COP(=O)(O)OC[C@@H](O)COP(=O)(O)OC[C@@H](COC(=O)CCCCCCCCCC)OC(=O)CCCCCCCCCC(C)C)OC(=O)CCCCCCCCCCCCCCCCCCCCC(C)C. The first kappa shape index (κ1) is 91.1. The zero-order valence-corrected chi connectivity index (χ0v) is 62.3. The van der Waals surface area contributed by atoms with Crippen LogP contribution >= 0.6 is 15.6 Å². The molecule has 0 saturated heterocycles. The van der Waals surface area contributed by atoms with Crippen molar-refractivity contribution in [3.05, 3.63) is 0 Å². The predicted octanol–water partition coefficient (Wildman–Crippen LogP) is 21.6. The largest absolute Gasteiger partial charge is 0.472 e. The molecule has 0 aromatic rings. The molecule has 0 amide bonds. The summed E-state index contributed by atoms with van der Waals surface area (Å²) in [5.41, 5.74) is 0. The Balaban J connectivity index is 5.17. The Kier molecular flexibility index (Phi) is 64.6. The van der Waals surface area contributed by atoms with Crippen molar-refractivity contribution in [2.75, 3.05) is 39.6 Å². The summed E-state index contributed by atoms with van der Waals surface area (Å²) in [5.74, 6) is -0.607. The van der Waals surface area contributed by atoms with Crippen LogP contribution in [-0.4, -0.2) is 96.7 Å². The van der Waals surface area contributed by atoms with Crippen molar-refractivity contribution in [2.45, 2.75) is 400 Å². The Morgan fingerprint density at radius 1 is 0.290 bits per heavy atom. The number of hydrogen-bond donors (Lipinski definition) is 3. The lowest BCUT2D eigenvalue weighted by molar-refractivity contribution is -0.161. The van der Waals surface area contributed by atoms with E-state index in [4.69, 9.17) is 37.0 Å². The molecule has 3 N–H and O–H groups in total. The van der Waals surface area contributed by atoms with E-state index in [-0.39, 0.29) is 25.7 Å². The Morgan fingerprint density at radius 3 is 0.731 bits per heavy atom. The Morgan fingerprint density at radius 2 is 0.495 bits per heavy atom. The van der Waals surface area contributed by atoms with Crippen molar-refractivity contribution in [1.29, 1.82) is 0 Å². The highest BCUT2D eigenvalue weighted by Gasteiger charge is 2.30. The summed E-state index contributed by atoms with van der Waals surface area (Å²) >= 11 is 0. The Bertz CT molecular complexity index is 1800. The Hall–Kier alpha value is -1.94. The molecule has 0 aliphatic heterocycles. The van der Waals surface area contributed by atoms with Crippen LogP contribution in [0.2, 0.25) is 0 Å². The number of rotatable bonds is 73. The quantitative estimate of drug-likeness (QED) is 0.0222. The molecular weight excluding hydrogens is 1220 g/mol. The minimum atomic E-state index is -4.95. The Labute approximate surface area is 568 Å². The third-order valence-corrected chi connectivity index (χ3v) is 19.1. The van der Waals surface area contributed by atoms with Gasteiger partial charge in [-0.3, -0.25) is 37.3 Å². The monoisotopic (exact) mass is 1370 g/mol. The number of esters is 4. The number of aliphatic hydroxyl groups excluding tert-OH is 1. The molecule has 0 spiro atoms. The number of hydrogen-bond acceptors (Lipinski definition) is 15. The number of ether oxygens (including phenoxy) is 4. The topological polar surface area (TPSA) is 237 Å². The van der Waals surface area contributed by atoms with Crippen LogP contribution in [0.25, 0.3) is 0 Å². The van der Waals surface area contributed by atoms with Gasteiger partial charge in [0.05, 0.1) is 26.4 Å². The average Bonchev–Trinajstić information content (AvgIpc) is 1.78. The third-order valence-electron chi connectivity index (χ3n) is 17.2. The van der Waals surface area contributed by atoms with Gasteiger partial charge < -0.3 is 33.8 Å². The molecule has 0 aliphatic carbocycles. The van der Waals surface area contributed by atoms with Crippen molar-refractivity contribution < 1.29 is 80.2 Å². The number of unbranched alkanes of at least 4 members (excludes halogenated alkanes) is 43. The van der Waals surface area contributed by atoms with Crippen molar-refractivity contribution in [2.24, 2.45) is 11.8 Å². The van der Waals surface area contributed by atoms with E-state index in [0.717, 1.165) is 102 Å². The van der Waals surface area contributed by atoms with Crippen LogP contribution < -0.4 is 0 Å². The zero-order valence-electron chi connectivity index (χ0n) is 60.6. The van der Waals surface area contributed by atoms with Crippen LogP contribution in [-0.2, 0) is 65.4 Å². The lowest BCUT2D eigenvalue weighted by atomic mass is 10.0. The van der Waals surface area contributed by atoms with Crippen molar-refractivity contribution in [3.63, 3.8) is 0 Å². The molecule has 0 aromatic carbocycles. The van der Waals surface area contributed by atoms with E-state index in [2.05, 4.69) is 41.5 Å².